The fraction of sp³-hybridized carbons (Fsp3) is 0.0909. The van der Waals surface area contributed by atoms with E-state index in [0.717, 1.165) is 131 Å². The summed E-state index contributed by atoms with van der Waals surface area (Å²) >= 11 is 14.6. The first kappa shape index (κ1) is 72.2. The Balaban J connectivity index is 0.869. The minimum Gasteiger partial charge on any atom is -0.497 e. The van der Waals surface area contributed by atoms with E-state index in [4.69, 9.17) is 37.9 Å². The first-order valence-electron chi connectivity index (χ1n) is 34.9. The summed E-state index contributed by atoms with van der Waals surface area (Å²) in [5, 5.41) is 4.28. The first-order valence-corrected chi connectivity index (χ1v) is 41.4. The van der Waals surface area contributed by atoms with Crippen LogP contribution in [0.25, 0.3) is 39.0 Å². The summed E-state index contributed by atoms with van der Waals surface area (Å²) in [6, 6.07) is 103. The lowest BCUT2D eigenvalue weighted by Gasteiger charge is -2.38. The maximum atomic E-state index is 5.65. The third-order valence-electron chi connectivity index (χ3n) is 19.1. The zero-order valence-corrected chi connectivity index (χ0v) is 67.1. The minimum atomic E-state index is -1.96. The normalized spacial score (nSPS) is 11.3. The van der Waals surface area contributed by atoms with Crippen LogP contribution >= 0.6 is 90.7 Å². The van der Waals surface area contributed by atoms with Crippen LogP contribution in [0.4, 0.5) is 65.5 Å². The zero-order valence-electron chi connectivity index (χ0n) is 60.6. The number of ether oxygens (including phenoxy) is 8. The van der Waals surface area contributed by atoms with Gasteiger partial charge >= 0.3 is 0 Å². The monoisotopic (exact) mass is 1580 g/mol. The van der Waals surface area contributed by atoms with Crippen LogP contribution in [0.3, 0.4) is 0 Å². The Labute approximate surface area is 666 Å². The van der Waals surface area contributed by atoms with Gasteiger partial charge < -0.3 is 57.5 Å². The molecule has 16 rings (SSSR count). The van der Waals surface area contributed by atoms with Crippen molar-refractivity contribution in [2.24, 2.45) is 0 Å². The molecular weight excluding hydrogens is 1510 g/mol. The Hall–Kier alpha value is -11.0. The lowest BCUT2D eigenvalue weighted by molar-refractivity contribution is 0.414. The average Bonchev–Trinajstić information content (AvgIpc) is 1.57. The van der Waals surface area contributed by atoms with Crippen LogP contribution in [0.1, 0.15) is 0 Å². The summed E-state index contributed by atoms with van der Waals surface area (Å²) in [6.07, 6.45) is -1.96. The maximum Gasteiger partial charge on any atom is 0.149 e. The second-order valence-electron chi connectivity index (χ2n) is 25.2. The van der Waals surface area contributed by atoms with Crippen molar-refractivity contribution >= 4 is 181 Å². The van der Waals surface area contributed by atoms with E-state index in [1.54, 1.807) is 102 Å². The minimum absolute atomic E-state index is 0.791. The van der Waals surface area contributed by atoms with Crippen LogP contribution in [0.2, 0.25) is 0 Å². The smallest absolute Gasteiger partial charge is 0.149 e. The number of thiophene rings is 8. The average molecular weight is 1580 g/mol. The van der Waals surface area contributed by atoms with Crippen molar-refractivity contribution in [2.75, 3.05) is 76.5 Å². The molecule has 0 unspecified atom stereocenters. The fourth-order valence-electron chi connectivity index (χ4n) is 13.5. The number of rotatable bonds is 28. The molecule has 21 heteroatoms. The number of hydrogen-bond acceptors (Lipinski definition) is 20. The van der Waals surface area contributed by atoms with Gasteiger partial charge in [-0.1, -0.05) is 24.3 Å². The van der Waals surface area contributed by atoms with E-state index in [-0.39, 0.29) is 0 Å². The van der Waals surface area contributed by atoms with Crippen molar-refractivity contribution in [2.45, 2.75) is 0 Å². The molecule has 0 aliphatic carbocycles. The van der Waals surface area contributed by atoms with E-state index in [1.165, 1.54) is 38.6 Å². The number of hydrogen-bond donors (Lipinski definition) is 0. The molecule has 0 fully saturated rings. The molecule has 0 aliphatic heterocycles. The Bertz CT molecular complexity index is 4810. The predicted octanol–water partition coefficient (Wildman–Crippen LogP) is 24.2. The van der Waals surface area contributed by atoms with Crippen LogP contribution < -0.4 is 76.6 Å². The van der Waals surface area contributed by atoms with Gasteiger partial charge in [-0.3, -0.25) is 0 Å². The van der Waals surface area contributed by atoms with Gasteiger partial charge in [-0.2, -0.15) is 45.3 Å². The number of nitrogens with zero attached hydrogens (tertiary/aromatic N) is 4. The third-order valence-corrected chi connectivity index (χ3v) is 29.2. The molecule has 0 N–H and O–H groups in total. The van der Waals surface area contributed by atoms with Crippen LogP contribution in [-0.2, 0) is 0 Å². The molecule has 12 nitrogen and oxygen atoms in total. The van der Waals surface area contributed by atoms with E-state index < -0.39 is 6.15 Å². The fourth-order valence-corrected chi connectivity index (χ4v) is 23.8. The lowest BCUT2D eigenvalue weighted by atomic mass is 9.22. The standard InChI is InChI=1S/C88H72BN4O8S8/c1-94-65-25-9-57(10-26-65)90(58-11-27-66(95-2)28-12-58)85-53-45-77(106-85)73-41-49-81(102-73)89(82-50-42-74(103-82)78-46-54-86(107-78)91(59-13-29-67(96-3)30-14-59)60-15-31-68(97-4)32-16-60,83-51-43-75(104-83)79-47-55-87(108-79)92(61-17-33-69(98-5)34-18-61)62-19-35-70(99-6)36-20-62)84-52-44-76(105-84)80-48-56-88(109-80)93(63-21-37-71(100-7)38-22-63)64-23-39-72(101-8)40-24-64/h9-56H,1-8H3/q-1. The molecule has 8 aromatic heterocycles. The van der Waals surface area contributed by atoms with Crippen molar-refractivity contribution in [3.05, 3.63) is 291 Å². The van der Waals surface area contributed by atoms with Gasteiger partial charge in [0.25, 0.3) is 0 Å². The SMILES string of the molecule is COc1ccc(N(c2ccc(OC)cc2)c2ccc(-c3ccc([B-](c4ccc(-c5ccc(N(c6ccc(OC)cc6)c6ccc(OC)cc6)s5)s4)(c4ccc(-c5ccc(N(c6ccc(OC)cc6)c6ccc(OC)cc6)s5)s4)c4ccc(-c5ccc(N(c6ccc(OC)cc6)c6ccc(OC)cc6)s5)s4)s3)s2)cc1. The Kier molecular flexibility index (Phi) is 21.3. The highest BCUT2D eigenvalue weighted by Gasteiger charge is 2.39. The molecule has 16 aromatic rings. The summed E-state index contributed by atoms with van der Waals surface area (Å²) in [7, 11) is 13.6. The summed E-state index contributed by atoms with van der Waals surface area (Å²) in [5.41, 5.74) is 8.08. The highest BCUT2D eigenvalue weighted by atomic mass is 32.1. The summed E-state index contributed by atoms with van der Waals surface area (Å²) in [6.45, 7) is 0. The number of methoxy groups -OCH3 is 8. The van der Waals surface area contributed by atoms with Gasteiger partial charge in [0.15, 0.2) is 0 Å². The molecule has 0 aliphatic rings. The zero-order chi connectivity index (χ0) is 74.5. The molecule has 8 aromatic carbocycles. The van der Waals surface area contributed by atoms with E-state index in [1.807, 2.05) is 142 Å². The molecule has 0 saturated heterocycles. The quantitative estimate of drug-likeness (QED) is 0.0438. The highest BCUT2D eigenvalue weighted by Crippen LogP contribution is 2.50. The van der Waals surface area contributed by atoms with Gasteiger partial charge in [0.1, 0.15) is 72.1 Å². The first-order chi connectivity index (χ1) is 53.5. The van der Waals surface area contributed by atoms with Crippen molar-refractivity contribution in [1.82, 2.24) is 0 Å². The summed E-state index contributed by atoms with van der Waals surface area (Å²) < 4.78 is 50.3. The van der Waals surface area contributed by atoms with Gasteiger partial charge in [0.2, 0.25) is 0 Å². The molecule has 0 amide bonds. The Morgan fingerprint density at radius 3 is 0.450 bits per heavy atom. The van der Waals surface area contributed by atoms with Gasteiger partial charge in [-0.25, -0.2) is 0 Å². The molecule has 8 heterocycles. The second kappa shape index (κ2) is 32.1. The van der Waals surface area contributed by atoms with E-state index in [9.17, 15) is 0 Å². The largest absolute Gasteiger partial charge is 0.497 e. The van der Waals surface area contributed by atoms with Crippen molar-refractivity contribution < 1.29 is 37.9 Å². The van der Waals surface area contributed by atoms with Crippen LogP contribution in [-0.4, -0.2) is 63.0 Å². The highest BCUT2D eigenvalue weighted by molar-refractivity contribution is 7.55. The van der Waals surface area contributed by atoms with Crippen LogP contribution in [0.15, 0.2) is 291 Å². The molecule has 544 valence electrons. The van der Waals surface area contributed by atoms with Crippen LogP contribution in [0.5, 0.6) is 46.0 Å². The molecular formula is C88H72BN4O8S8-. The second-order valence-corrected chi connectivity index (χ2v) is 33.9. The van der Waals surface area contributed by atoms with E-state index >= 15 is 0 Å². The van der Waals surface area contributed by atoms with Crippen molar-refractivity contribution in [1.29, 1.82) is 0 Å². The molecule has 0 atom stereocenters. The van der Waals surface area contributed by atoms with Crippen molar-refractivity contribution in [3.8, 4) is 85.0 Å². The third kappa shape index (κ3) is 14.6. The summed E-state index contributed by atoms with van der Waals surface area (Å²) in [5.74, 6) is 6.33. The Morgan fingerprint density at radius 2 is 0.303 bits per heavy atom. The van der Waals surface area contributed by atoms with E-state index in [0.29, 0.717) is 0 Å². The topological polar surface area (TPSA) is 86.8 Å². The van der Waals surface area contributed by atoms with Crippen molar-refractivity contribution in [3.63, 3.8) is 0 Å². The molecule has 0 saturated carbocycles. The predicted molar refractivity (Wildman–Crippen MR) is 466 cm³/mol. The maximum absolute atomic E-state index is 5.65. The van der Waals surface area contributed by atoms with Gasteiger partial charge in [0, 0.05) is 84.5 Å². The van der Waals surface area contributed by atoms with Gasteiger partial charge in [-0.15, -0.1) is 64.5 Å². The number of benzene rings is 8. The molecule has 109 heavy (non-hydrogen) atoms. The molecule has 0 spiro atoms. The Morgan fingerprint density at radius 1 is 0.165 bits per heavy atom. The van der Waals surface area contributed by atoms with E-state index in [2.05, 4.69) is 214 Å². The van der Waals surface area contributed by atoms with Gasteiger partial charge in [-0.05, 0) is 267 Å². The van der Waals surface area contributed by atoms with Crippen LogP contribution in [0, 0.1) is 0 Å². The molecule has 0 radical (unpaired) electrons. The number of anilines is 12. The van der Waals surface area contributed by atoms with Gasteiger partial charge in [0.05, 0.1) is 56.9 Å². The molecule has 0 bridgehead atoms. The summed E-state index contributed by atoms with van der Waals surface area (Å²) in [4.78, 5) is 18.5. The lowest BCUT2D eigenvalue weighted by Crippen LogP contribution is -2.71.